The maximum Gasteiger partial charge on any atom is 0.435 e. The van der Waals surface area contributed by atoms with E-state index in [2.05, 4.69) is 0 Å². The van der Waals surface area contributed by atoms with E-state index in [0.717, 1.165) is 25.3 Å². The highest BCUT2D eigenvalue weighted by atomic mass is 32.2. The average molecular weight is 650 g/mol. The van der Waals surface area contributed by atoms with Crippen molar-refractivity contribution in [3.63, 3.8) is 0 Å². The average Bonchev–Trinajstić information content (AvgIpc) is 3.36. The van der Waals surface area contributed by atoms with Gasteiger partial charge >= 0.3 is 18.0 Å². The Labute approximate surface area is 251 Å². The summed E-state index contributed by atoms with van der Waals surface area (Å²) in [5.74, 6) is -0.510. The van der Waals surface area contributed by atoms with Crippen molar-refractivity contribution in [1.82, 2.24) is 4.90 Å². The van der Waals surface area contributed by atoms with E-state index in [1.165, 1.54) is 43.0 Å². The van der Waals surface area contributed by atoms with Gasteiger partial charge in [-0.25, -0.2) is 12.8 Å². The number of likely N-dealkylation sites (tertiary alicyclic amines) is 1. The van der Waals surface area contributed by atoms with Crippen molar-refractivity contribution >= 4 is 15.7 Å². The summed E-state index contributed by atoms with van der Waals surface area (Å²) < 4.78 is 124. The van der Waals surface area contributed by atoms with Crippen LogP contribution in [0.1, 0.15) is 81.0 Å². The monoisotopic (exact) mass is 649 g/mol. The largest absolute Gasteiger partial charge is 0.435 e. The lowest BCUT2D eigenvalue weighted by Crippen LogP contribution is -2.53. The molecule has 0 radical (unpaired) electrons. The van der Waals surface area contributed by atoms with Crippen molar-refractivity contribution in [2.75, 3.05) is 6.54 Å². The first-order valence-electron chi connectivity index (χ1n) is 14.6. The first-order valence-corrected chi connectivity index (χ1v) is 16.1. The van der Waals surface area contributed by atoms with Crippen LogP contribution in [0.3, 0.4) is 0 Å². The topological polar surface area (TPSA) is 74.7 Å². The van der Waals surface area contributed by atoms with E-state index in [-0.39, 0.29) is 53.7 Å². The molecule has 44 heavy (non-hydrogen) atoms. The molecule has 2 atom stereocenters. The number of aliphatic hydroxyl groups is 1. The van der Waals surface area contributed by atoms with Crippen LogP contribution in [0.4, 0.5) is 30.7 Å². The summed E-state index contributed by atoms with van der Waals surface area (Å²) >= 11 is 0. The van der Waals surface area contributed by atoms with Gasteiger partial charge in [-0.1, -0.05) is 49.6 Å². The van der Waals surface area contributed by atoms with Gasteiger partial charge in [0.2, 0.25) is 5.91 Å². The molecule has 242 valence electrons. The molecule has 2 aliphatic carbocycles. The molecule has 1 aliphatic heterocycles. The molecule has 3 aliphatic rings. The van der Waals surface area contributed by atoms with Gasteiger partial charge in [0.1, 0.15) is 4.75 Å². The van der Waals surface area contributed by atoms with Gasteiger partial charge in [-0.3, -0.25) is 4.79 Å². The van der Waals surface area contributed by atoms with Crippen LogP contribution in [0, 0.1) is 5.92 Å². The number of halogens is 7. The predicted molar refractivity (Wildman–Crippen MR) is 147 cm³/mol. The second-order valence-electron chi connectivity index (χ2n) is 12.7. The second kappa shape index (κ2) is 10.7. The van der Waals surface area contributed by atoms with Gasteiger partial charge in [0.15, 0.2) is 9.84 Å². The fourth-order valence-electron chi connectivity index (χ4n) is 7.33. The SMILES string of the molecule is CC(C)(O)c1ccc(S(=O)(=O)C23CCN(C(=O)C4CCCCC4)C2CCc2cc(C(F)(C(F)(F)F)C(F)(F)F)ccc23)cc1. The molecule has 2 aromatic carbocycles. The molecule has 1 saturated carbocycles. The standard InChI is InChI=1S/C31H34F7NO4S/c1-27(2,41)21-9-12-23(13-10-21)44(42,43)28-16-17-39(26(40)19-6-4-3-5-7-19)25(28)15-8-20-18-22(11-14-24(20)28)29(32,30(33,34)35)31(36,37)38/h9-14,18-19,25,41H,3-8,15-17H2,1-2H3. The number of aryl methyl sites for hydroxylation is 1. The molecule has 1 heterocycles. The van der Waals surface area contributed by atoms with E-state index in [1.54, 1.807) is 0 Å². The number of carbonyl (C=O) groups is 1. The molecule has 2 unspecified atom stereocenters. The normalized spacial score (nSPS) is 23.8. The van der Waals surface area contributed by atoms with Crippen LogP contribution in [0.2, 0.25) is 0 Å². The Bertz CT molecular complexity index is 1510. The number of benzene rings is 2. The van der Waals surface area contributed by atoms with E-state index < -0.39 is 49.8 Å². The number of rotatable bonds is 5. The molecule has 5 nitrogen and oxygen atoms in total. The Morgan fingerprint density at radius 1 is 0.864 bits per heavy atom. The second-order valence-corrected chi connectivity index (χ2v) is 14.9. The van der Waals surface area contributed by atoms with Gasteiger partial charge in [-0.15, -0.1) is 0 Å². The summed E-state index contributed by atoms with van der Waals surface area (Å²) in [5, 5.41) is 10.4. The zero-order valence-electron chi connectivity index (χ0n) is 24.2. The molecular formula is C31H34F7NO4S. The van der Waals surface area contributed by atoms with E-state index in [9.17, 15) is 44.7 Å². The first kappa shape index (κ1) is 32.7. The fourth-order valence-corrected chi connectivity index (χ4v) is 9.70. The third-order valence-electron chi connectivity index (χ3n) is 9.65. The van der Waals surface area contributed by atoms with Crippen LogP contribution in [0.15, 0.2) is 47.4 Å². The number of hydrogen-bond donors (Lipinski definition) is 1. The zero-order valence-corrected chi connectivity index (χ0v) is 25.0. The quantitative estimate of drug-likeness (QED) is 0.354. The number of alkyl halides is 7. The molecule has 1 amide bonds. The number of carbonyl (C=O) groups excluding carboxylic acids is 1. The molecule has 1 N–H and O–H groups in total. The van der Waals surface area contributed by atoms with Gasteiger partial charge in [-0.2, -0.15) is 26.3 Å². The molecule has 1 saturated heterocycles. The van der Waals surface area contributed by atoms with Crippen molar-refractivity contribution in [3.8, 4) is 0 Å². The summed E-state index contributed by atoms with van der Waals surface area (Å²) in [6.07, 6.45) is -9.01. The Balaban J connectivity index is 1.67. The maximum atomic E-state index is 15.0. The summed E-state index contributed by atoms with van der Waals surface area (Å²) in [6, 6.07) is 6.21. The minimum Gasteiger partial charge on any atom is -0.386 e. The highest BCUT2D eigenvalue weighted by Gasteiger charge is 2.74. The van der Waals surface area contributed by atoms with Crippen molar-refractivity contribution in [1.29, 1.82) is 0 Å². The molecule has 0 bridgehead atoms. The Morgan fingerprint density at radius 3 is 1.98 bits per heavy atom. The van der Waals surface area contributed by atoms with Crippen molar-refractivity contribution in [2.45, 2.75) is 105 Å². The van der Waals surface area contributed by atoms with Crippen molar-refractivity contribution in [3.05, 3.63) is 64.7 Å². The highest BCUT2D eigenvalue weighted by Crippen LogP contribution is 2.57. The molecule has 5 rings (SSSR count). The van der Waals surface area contributed by atoms with Gasteiger partial charge in [0.25, 0.3) is 0 Å². The van der Waals surface area contributed by atoms with E-state index in [1.807, 2.05) is 0 Å². The number of sulfone groups is 1. The van der Waals surface area contributed by atoms with Crippen LogP contribution in [0.25, 0.3) is 0 Å². The van der Waals surface area contributed by atoms with Gasteiger partial charge in [-0.05, 0) is 74.8 Å². The molecule has 2 aromatic rings. The predicted octanol–water partition coefficient (Wildman–Crippen LogP) is 7.00. The minimum absolute atomic E-state index is 0.0281. The molecule has 13 heteroatoms. The number of amides is 1. The minimum atomic E-state index is -6.32. The molecule has 0 spiro atoms. The van der Waals surface area contributed by atoms with E-state index >= 15 is 4.39 Å². The van der Waals surface area contributed by atoms with Crippen molar-refractivity contribution < 1.29 is 49.1 Å². The molecule has 0 aromatic heterocycles. The van der Waals surface area contributed by atoms with Gasteiger partial charge < -0.3 is 10.0 Å². The number of fused-ring (bicyclic) bond motifs is 3. The van der Waals surface area contributed by atoms with Crippen LogP contribution in [-0.4, -0.2) is 49.3 Å². The van der Waals surface area contributed by atoms with E-state index in [0.29, 0.717) is 30.5 Å². The molecule has 2 fully saturated rings. The summed E-state index contributed by atoms with van der Waals surface area (Å²) in [5.41, 5.74) is -8.39. The summed E-state index contributed by atoms with van der Waals surface area (Å²) in [4.78, 5) is 15.1. The van der Waals surface area contributed by atoms with Crippen LogP contribution < -0.4 is 0 Å². The smallest absolute Gasteiger partial charge is 0.386 e. The zero-order chi connectivity index (χ0) is 32.5. The van der Waals surface area contributed by atoms with Crippen LogP contribution in [-0.2, 0) is 37.1 Å². The number of nitrogens with zero attached hydrogens (tertiary/aromatic N) is 1. The highest BCUT2D eigenvalue weighted by molar-refractivity contribution is 7.92. The van der Waals surface area contributed by atoms with Crippen LogP contribution in [0.5, 0.6) is 0 Å². The third kappa shape index (κ3) is 4.92. The lowest BCUT2D eigenvalue weighted by atomic mass is 9.76. The Hall–Kier alpha value is -2.67. The molecular weight excluding hydrogens is 615 g/mol. The Morgan fingerprint density at radius 2 is 1.43 bits per heavy atom. The fraction of sp³-hybridized carbons (Fsp3) is 0.581. The third-order valence-corrected chi connectivity index (χ3v) is 12.2. The van der Waals surface area contributed by atoms with Gasteiger partial charge in [0, 0.05) is 18.0 Å². The van der Waals surface area contributed by atoms with Crippen LogP contribution >= 0.6 is 0 Å². The first-order chi connectivity index (χ1) is 20.3. The maximum absolute atomic E-state index is 15.0. The van der Waals surface area contributed by atoms with E-state index in [4.69, 9.17) is 0 Å². The van der Waals surface area contributed by atoms with Crippen molar-refractivity contribution in [2.24, 2.45) is 5.92 Å². The number of hydrogen-bond acceptors (Lipinski definition) is 4. The summed E-state index contributed by atoms with van der Waals surface area (Å²) in [6.45, 7) is 3.05. The Kier molecular flexibility index (Phi) is 7.96. The lowest BCUT2D eigenvalue weighted by Gasteiger charge is -2.43. The van der Waals surface area contributed by atoms with Gasteiger partial charge in [0.05, 0.1) is 16.5 Å². The lowest BCUT2D eigenvalue weighted by molar-refractivity contribution is -0.348. The summed E-state index contributed by atoms with van der Waals surface area (Å²) in [7, 11) is -4.45.